The summed E-state index contributed by atoms with van der Waals surface area (Å²) < 4.78 is 7.95. The molecule has 190 valence electrons. The zero-order valence-electron chi connectivity index (χ0n) is 21.2. The highest BCUT2D eigenvalue weighted by atomic mass is 32.1. The van der Waals surface area contributed by atoms with Gasteiger partial charge in [-0.15, -0.1) is 0 Å². The first-order valence-electron chi connectivity index (χ1n) is 12.0. The number of Topliss-reactive ketones (excluding diaryl/α,β-unsaturated/α-hetero) is 1. The quantitative estimate of drug-likeness (QED) is 0.189. The molecule has 1 amide bonds. The second-order valence-corrected chi connectivity index (χ2v) is 10.4. The molecule has 1 aliphatic rings. The van der Waals surface area contributed by atoms with E-state index in [1.165, 1.54) is 16.2 Å². The Morgan fingerprint density at radius 3 is 2.53 bits per heavy atom. The maximum absolute atomic E-state index is 13.6. The van der Waals surface area contributed by atoms with Gasteiger partial charge in [-0.3, -0.25) is 18.9 Å². The third-order valence-electron chi connectivity index (χ3n) is 6.83. The van der Waals surface area contributed by atoms with Crippen LogP contribution in [0.1, 0.15) is 34.1 Å². The molecule has 1 atom stereocenters. The van der Waals surface area contributed by atoms with Crippen LogP contribution in [0.3, 0.4) is 0 Å². The molecule has 1 aliphatic heterocycles. The second kappa shape index (κ2) is 8.81. The molecule has 38 heavy (non-hydrogen) atoms. The van der Waals surface area contributed by atoms with Crippen LogP contribution >= 0.6 is 11.3 Å². The molecule has 0 aliphatic carbocycles. The van der Waals surface area contributed by atoms with Crippen LogP contribution in [0.25, 0.3) is 21.6 Å². The molecule has 2 aromatic carbocycles. The lowest BCUT2D eigenvalue weighted by Gasteiger charge is -2.23. The van der Waals surface area contributed by atoms with Crippen molar-refractivity contribution in [1.29, 1.82) is 0 Å². The van der Waals surface area contributed by atoms with Crippen molar-refractivity contribution in [2.75, 3.05) is 12.0 Å². The molecule has 0 saturated carbocycles. The van der Waals surface area contributed by atoms with Gasteiger partial charge < -0.3 is 9.84 Å². The van der Waals surface area contributed by atoms with Gasteiger partial charge in [0.15, 0.2) is 10.9 Å². The number of carbonyl (C=O) groups is 2. The SMILES string of the molecule is COc1ccc(C2/C(=C(\O)c3c(C)nc4ccccn34)C(=O)C(=O)N2c2nc3c(C)cc(C)cc3s2)cc1. The van der Waals surface area contributed by atoms with Crippen molar-refractivity contribution < 1.29 is 19.4 Å². The van der Waals surface area contributed by atoms with Crippen molar-refractivity contribution in [3.8, 4) is 5.75 Å². The number of ether oxygens (including phenoxy) is 1. The molecule has 1 fully saturated rings. The standard InChI is InChI=1S/C29H24N4O4S/c1-15-13-16(2)23-20(14-15)38-29(31-23)33-25(18-8-10-19(37-4)11-9-18)22(27(35)28(33)36)26(34)24-17(3)30-21-7-5-6-12-32(21)24/h5-14,25,34H,1-4H3/b26-22+. The van der Waals surface area contributed by atoms with Gasteiger partial charge in [0.2, 0.25) is 0 Å². The third kappa shape index (κ3) is 3.58. The van der Waals surface area contributed by atoms with E-state index < -0.39 is 17.7 Å². The summed E-state index contributed by atoms with van der Waals surface area (Å²) in [4.78, 5) is 38.0. The van der Waals surface area contributed by atoms with E-state index in [9.17, 15) is 14.7 Å². The molecule has 5 aromatic rings. The Bertz CT molecular complexity index is 1800. The van der Waals surface area contributed by atoms with Crippen molar-refractivity contribution in [2.24, 2.45) is 0 Å². The molecule has 0 bridgehead atoms. The first-order valence-corrected chi connectivity index (χ1v) is 12.9. The molecule has 6 rings (SSSR count). The summed E-state index contributed by atoms with van der Waals surface area (Å²) in [7, 11) is 1.57. The van der Waals surface area contributed by atoms with Crippen molar-refractivity contribution in [2.45, 2.75) is 26.8 Å². The van der Waals surface area contributed by atoms with E-state index in [1.807, 2.05) is 44.2 Å². The smallest absolute Gasteiger partial charge is 0.301 e. The minimum atomic E-state index is -0.892. The predicted octanol–water partition coefficient (Wildman–Crippen LogP) is 5.50. The summed E-state index contributed by atoms with van der Waals surface area (Å²) in [5.74, 6) is -1.17. The number of ketones is 1. The van der Waals surface area contributed by atoms with Crippen molar-refractivity contribution in [3.63, 3.8) is 0 Å². The first kappa shape index (κ1) is 23.9. The Labute approximate surface area is 222 Å². The molecule has 3 aromatic heterocycles. The Balaban J connectivity index is 1.61. The van der Waals surface area contributed by atoms with E-state index in [1.54, 1.807) is 48.9 Å². The van der Waals surface area contributed by atoms with Gasteiger partial charge in [-0.05, 0) is 67.8 Å². The summed E-state index contributed by atoms with van der Waals surface area (Å²) in [6.45, 7) is 5.74. The number of hydrogen-bond acceptors (Lipinski definition) is 7. The van der Waals surface area contributed by atoms with E-state index in [4.69, 9.17) is 9.72 Å². The number of aromatic nitrogens is 3. The summed E-state index contributed by atoms with van der Waals surface area (Å²) >= 11 is 1.35. The average Bonchev–Trinajstić information content (AvgIpc) is 3.55. The number of aliphatic hydroxyl groups excluding tert-OH is 1. The van der Waals surface area contributed by atoms with Crippen LogP contribution in [0.2, 0.25) is 0 Å². The van der Waals surface area contributed by atoms with Crippen LogP contribution in [0.15, 0.2) is 66.4 Å². The number of imidazole rings is 1. The van der Waals surface area contributed by atoms with E-state index in [2.05, 4.69) is 4.98 Å². The van der Waals surface area contributed by atoms with Gasteiger partial charge in [0.25, 0.3) is 5.78 Å². The van der Waals surface area contributed by atoms with Crippen LogP contribution in [0.5, 0.6) is 5.75 Å². The highest BCUT2D eigenvalue weighted by Gasteiger charge is 2.48. The molecule has 9 heteroatoms. The third-order valence-corrected chi connectivity index (χ3v) is 7.83. The zero-order valence-corrected chi connectivity index (χ0v) is 22.0. The number of amides is 1. The second-order valence-electron chi connectivity index (χ2n) is 9.34. The molecule has 1 unspecified atom stereocenters. The maximum Gasteiger partial charge on any atom is 0.301 e. The fourth-order valence-electron chi connectivity index (χ4n) is 5.12. The maximum atomic E-state index is 13.6. The number of fused-ring (bicyclic) bond motifs is 2. The number of nitrogens with zero attached hydrogens (tertiary/aromatic N) is 4. The van der Waals surface area contributed by atoms with Crippen molar-refractivity contribution >= 4 is 49.8 Å². The normalized spacial score (nSPS) is 17.2. The molecule has 4 heterocycles. The van der Waals surface area contributed by atoms with Crippen molar-refractivity contribution in [1.82, 2.24) is 14.4 Å². The lowest BCUT2D eigenvalue weighted by atomic mass is 9.96. The fraction of sp³-hybridized carbons (Fsp3) is 0.172. The number of carbonyl (C=O) groups excluding carboxylic acids is 2. The molecule has 0 radical (unpaired) electrons. The largest absolute Gasteiger partial charge is 0.505 e. The minimum absolute atomic E-state index is 0.0129. The Hall–Kier alpha value is -4.50. The number of benzene rings is 2. The predicted molar refractivity (Wildman–Crippen MR) is 147 cm³/mol. The van der Waals surface area contributed by atoms with Crippen LogP contribution in [0.4, 0.5) is 5.13 Å². The van der Waals surface area contributed by atoms with Crippen LogP contribution < -0.4 is 9.64 Å². The molecule has 8 nitrogen and oxygen atoms in total. The van der Waals surface area contributed by atoms with Crippen LogP contribution in [-0.2, 0) is 9.59 Å². The topological polar surface area (TPSA) is 97.0 Å². The molecule has 1 N–H and O–H groups in total. The van der Waals surface area contributed by atoms with E-state index in [0.717, 1.165) is 21.3 Å². The number of pyridine rings is 1. The molecule has 1 saturated heterocycles. The van der Waals surface area contributed by atoms with E-state index >= 15 is 0 Å². The van der Waals surface area contributed by atoms with Gasteiger partial charge in [-0.25, -0.2) is 9.97 Å². The zero-order chi connectivity index (χ0) is 26.7. The van der Waals surface area contributed by atoms with E-state index in [0.29, 0.717) is 33.5 Å². The lowest BCUT2D eigenvalue weighted by molar-refractivity contribution is -0.132. The minimum Gasteiger partial charge on any atom is -0.505 e. The van der Waals surface area contributed by atoms with Crippen molar-refractivity contribution in [3.05, 3.63) is 94.4 Å². The van der Waals surface area contributed by atoms with Gasteiger partial charge in [0.05, 0.1) is 34.6 Å². The van der Waals surface area contributed by atoms with Gasteiger partial charge in [0, 0.05) is 6.20 Å². The summed E-state index contributed by atoms with van der Waals surface area (Å²) in [5, 5.41) is 12.1. The Morgan fingerprint density at radius 2 is 1.79 bits per heavy atom. The molecular formula is C29H24N4O4S. The van der Waals surface area contributed by atoms with Gasteiger partial charge >= 0.3 is 5.91 Å². The first-order chi connectivity index (χ1) is 18.3. The highest BCUT2D eigenvalue weighted by molar-refractivity contribution is 7.22. The van der Waals surface area contributed by atoms with Crippen LogP contribution in [0, 0.1) is 20.8 Å². The monoisotopic (exact) mass is 524 g/mol. The highest BCUT2D eigenvalue weighted by Crippen LogP contribution is 2.45. The number of methoxy groups -OCH3 is 1. The molecular weight excluding hydrogens is 500 g/mol. The van der Waals surface area contributed by atoms with Gasteiger partial charge in [-0.2, -0.15) is 0 Å². The molecule has 0 spiro atoms. The number of thiazole rings is 1. The average molecular weight is 525 g/mol. The van der Waals surface area contributed by atoms with Crippen LogP contribution in [-0.4, -0.2) is 38.3 Å². The summed E-state index contributed by atoms with van der Waals surface area (Å²) in [5.41, 5.74) is 5.02. The number of hydrogen-bond donors (Lipinski definition) is 1. The van der Waals surface area contributed by atoms with E-state index in [-0.39, 0.29) is 11.3 Å². The van der Waals surface area contributed by atoms with Gasteiger partial charge in [0.1, 0.15) is 17.1 Å². The summed E-state index contributed by atoms with van der Waals surface area (Å²) in [6, 6.07) is 15.7. The lowest BCUT2D eigenvalue weighted by Crippen LogP contribution is -2.29. The number of anilines is 1. The Morgan fingerprint density at radius 1 is 1.03 bits per heavy atom. The fourth-order valence-corrected chi connectivity index (χ4v) is 6.29. The number of aliphatic hydroxyl groups is 1. The Kier molecular flexibility index (Phi) is 5.53. The number of rotatable bonds is 4. The number of aryl methyl sites for hydroxylation is 3. The summed E-state index contributed by atoms with van der Waals surface area (Å²) in [6.07, 6.45) is 1.77. The van der Waals surface area contributed by atoms with Gasteiger partial charge in [-0.1, -0.05) is 35.6 Å².